The molecule has 0 aliphatic carbocycles. The molecule has 0 bridgehead atoms. The van der Waals surface area contributed by atoms with Gasteiger partial charge in [0.05, 0.1) is 16.4 Å². The second-order valence-corrected chi connectivity index (χ2v) is 8.56. The third-order valence-electron chi connectivity index (χ3n) is 2.53. The molecule has 102 valence electrons. The normalized spacial score (nSPS) is 12.5. The molecular formula is C11H17NO4S2. The van der Waals surface area contributed by atoms with Crippen molar-refractivity contribution in [2.24, 2.45) is 0 Å². The van der Waals surface area contributed by atoms with Crippen LogP contribution in [0, 0.1) is 0 Å². The lowest BCUT2D eigenvalue weighted by Gasteiger charge is -2.05. The summed E-state index contributed by atoms with van der Waals surface area (Å²) < 4.78 is 46.3. The van der Waals surface area contributed by atoms with Crippen LogP contribution in [0.1, 0.15) is 13.3 Å². The maximum Gasteiger partial charge on any atom is 0.178 e. The largest absolute Gasteiger partial charge is 0.399 e. The van der Waals surface area contributed by atoms with Crippen LogP contribution in [0.5, 0.6) is 0 Å². The number of nitrogens with two attached hydrogens (primary N) is 1. The minimum absolute atomic E-state index is 0.0331. The van der Waals surface area contributed by atoms with Gasteiger partial charge in [0, 0.05) is 11.4 Å². The summed E-state index contributed by atoms with van der Waals surface area (Å²) in [5.74, 6) is -0.258. The standard InChI is InChI=1S/C11H17NO4S2/c1-2-17(13,14)7-4-8-18(15,16)11-6-3-5-10(12)9-11/h3,5-6,9H,2,4,7-8,12H2,1H3. The second kappa shape index (κ2) is 5.71. The van der Waals surface area contributed by atoms with Gasteiger partial charge in [0.2, 0.25) is 0 Å². The first kappa shape index (κ1) is 15.0. The van der Waals surface area contributed by atoms with Gasteiger partial charge >= 0.3 is 0 Å². The van der Waals surface area contributed by atoms with E-state index in [4.69, 9.17) is 5.73 Å². The highest BCUT2D eigenvalue weighted by Gasteiger charge is 2.16. The molecule has 1 aromatic carbocycles. The lowest BCUT2D eigenvalue weighted by Crippen LogP contribution is -2.14. The van der Waals surface area contributed by atoms with Gasteiger partial charge in [-0.05, 0) is 24.6 Å². The Morgan fingerprint density at radius 3 is 2.33 bits per heavy atom. The Morgan fingerprint density at radius 1 is 1.11 bits per heavy atom. The highest BCUT2D eigenvalue weighted by atomic mass is 32.2. The highest BCUT2D eigenvalue weighted by molar-refractivity contribution is 7.92. The summed E-state index contributed by atoms with van der Waals surface area (Å²) in [4.78, 5) is 0.136. The topological polar surface area (TPSA) is 94.3 Å². The molecule has 0 saturated heterocycles. The smallest absolute Gasteiger partial charge is 0.178 e. The summed E-state index contributed by atoms with van der Waals surface area (Å²) in [5, 5.41) is 0. The van der Waals surface area contributed by atoms with Crippen LogP contribution in [0.2, 0.25) is 0 Å². The molecule has 0 aliphatic heterocycles. The van der Waals surface area contributed by atoms with Crippen LogP contribution < -0.4 is 5.73 Å². The van der Waals surface area contributed by atoms with E-state index >= 15 is 0 Å². The number of hydrogen-bond donors (Lipinski definition) is 1. The third-order valence-corrected chi connectivity index (χ3v) is 6.11. The number of benzene rings is 1. The molecular weight excluding hydrogens is 274 g/mol. The van der Waals surface area contributed by atoms with Crippen molar-refractivity contribution in [2.45, 2.75) is 18.2 Å². The van der Waals surface area contributed by atoms with E-state index in [1.165, 1.54) is 12.1 Å². The Kier molecular flexibility index (Phi) is 4.75. The van der Waals surface area contributed by atoms with Crippen molar-refractivity contribution >= 4 is 25.4 Å². The molecule has 0 atom stereocenters. The Hall–Kier alpha value is -1.08. The van der Waals surface area contributed by atoms with E-state index in [0.29, 0.717) is 5.69 Å². The molecule has 2 N–H and O–H groups in total. The summed E-state index contributed by atoms with van der Waals surface area (Å²) >= 11 is 0. The maximum absolute atomic E-state index is 11.9. The molecule has 18 heavy (non-hydrogen) atoms. The first-order valence-corrected chi connectivity index (χ1v) is 9.03. The third kappa shape index (κ3) is 4.30. The predicted octanol–water partition coefficient (Wildman–Crippen LogP) is 0.867. The van der Waals surface area contributed by atoms with Crippen molar-refractivity contribution in [3.63, 3.8) is 0 Å². The monoisotopic (exact) mass is 291 g/mol. The molecule has 0 radical (unpaired) electrons. The van der Waals surface area contributed by atoms with Crippen LogP contribution in [-0.4, -0.2) is 34.1 Å². The molecule has 0 unspecified atom stereocenters. The van der Waals surface area contributed by atoms with Crippen LogP contribution in [0.15, 0.2) is 29.2 Å². The maximum atomic E-state index is 11.9. The number of hydrogen-bond acceptors (Lipinski definition) is 5. The fourth-order valence-electron chi connectivity index (χ4n) is 1.44. The minimum Gasteiger partial charge on any atom is -0.399 e. The van der Waals surface area contributed by atoms with E-state index in [9.17, 15) is 16.8 Å². The van der Waals surface area contributed by atoms with Crippen LogP contribution in [-0.2, 0) is 19.7 Å². The summed E-state index contributed by atoms with van der Waals surface area (Å²) in [6.45, 7) is 1.54. The molecule has 1 aromatic rings. The van der Waals surface area contributed by atoms with Gasteiger partial charge in [-0.3, -0.25) is 0 Å². The molecule has 0 spiro atoms. The molecule has 0 aromatic heterocycles. The zero-order valence-electron chi connectivity index (χ0n) is 10.2. The van der Waals surface area contributed by atoms with Crippen molar-refractivity contribution in [3.8, 4) is 0 Å². The van der Waals surface area contributed by atoms with Crippen molar-refractivity contribution < 1.29 is 16.8 Å². The van der Waals surface area contributed by atoms with E-state index < -0.39 is 19.7 Å². The van der Waals surface area contributed by atoms with E-state index in [-0.39, 0.29) is 28.6 Å². The number of rotatable bonds is 6. The molecule has 7 heteroatoms. The van der Waals surface area contributed by atoms with E-state index in [1.54, 1.807) is 19.1 Å². The van der Waals surface area contributed by atoms with Crippen molar-refractivity contribution in [1.82, 2.24) is 0 Å². The highest BCUT2D eigenvalue weighted by Crippen LogP contribution is 2.15. The molecule has 0 amide bonds. The predicted molar refractivity (Wildman–Crippen MR) is 71.9 cm³/mol. The van der Waals surface area contributed by atoms with Crippen molar-refractivity contribution in [1.29, 1.82) is 0 Å². The molecule has 5 nitrogen and oxygen atoms in total. The number of nitrogen functional groups attached to an aromatic ring is 1. The van der Waals surface area contributed by atoms with Gasteiger partial charge in [0.25, 0.3) is 0 Å². The zero-order valence-corrected chi connectivity index (χ0v) is 11.8. The Balaban J connectivity index is 2.72. The number of sulfone groups is 2. The van der Waals surface area contributed by atoms with E-state index in [2.05, 4.69) is 0 Å². The SMILES string of the molecule is CCS(=O)(=O)CCCS(=O)(=O)c1cccc(N)c1. The van der Waals surface area contributed by atoms with Gasteiger partial charge in [-0.15, -0.1) is 0 Å². The van der Waals surface area contributed by atoms with Crippen LogP contribution >= 0.6 is 0 Å². The summed E-state index contributed by atoms with van der Waals surface area (Å²) in [6, 6.07) is 6.00. The lowest BCUT2D eigenvalue weighted by molar-refractivity contribution is 0.590. The van der Waals surface area contributed by atoms with Crippen LogP contribution in [0.3, 0.4) is 0 Å². The summed E-state index contributed by atoms with van der Waals surface area (Å²) in [7, 11) is -6.58. The summed E-state index contributed by atoms with van der Waals surface area (Å²) in [5.41, 5.74) is 5.89. The van der Waals surface area contributed by atoms with Gasteiger partial charge in [0.1, 0.15) is 9.84 Å². The summed E-state index contributed by atoms with van der Waals surface area (Å²) in [6.07, 6.45) is 0.104. The molecule has 0 fully saturated rings. The molecule has 1 rings (SSSR count). The van der Waals surface area contributed by atoms with Gasteiger partial charge in [-0.25, -0.2) is 16.8 Å². The average molecular weight is 291 g/mol. The van der Waals surface area contributed by atoms with Crippen molar-refractivity contribution in [3.05, 3.63) is 24.3 Å². The van der Waals surface area contributed by atoms with Crippen LogP contribution in [0.4, 0.5) is 5.69 Å². The zero-order chi connectivity index (χ0) is 13.8. The lowest BCUT2D eigenvalue weighted by atomic mass is 10.3. The second-order valence-electron chi connectivity index (χ2n) is 3.98. The molecule has 0 aliphatic rings. The fourth-order valence-corrected chi connectivity index (χ4v) is 3.86. The van der Waals surface area contributed by atoms with Gasteiger partial charge in [-0.2, -0.15) is 0 Å². The first-order valence-electron chi connectivity index (χ1n) is 5.55. The first-order chi connectivity index (χ1) is 8.27. The van der Waals surface area contributed by atoms with E-state index in [1.807, 2.05) is 0 Å². The Labute approximate surface area is 108 Å². The van der Waals surface area contributed by atoms with Gasteiger partial charge in [0.15, 0.2) is 9.84 Å². The van der Waals surface area contributed by atoms with Gasteiger partial charge < -0.3 is 5.73 Å². The Bertz CT molecular complexity index is 606. The quantitative estimate of drug-likeness (QED) is 0.785. The fraction of sp³-hybridized carbons (Fsp3) is 0.455. The van der Waals surface area contributed by atoms with Gasteiger partial charge in [-0.1, -0.05) is 13.0 Å². The average Bonchev–Trinajstić information content (AvgIpc) is 2.28. The van der Waals surface area contributed by atoms with Crippen molar-refractivity contribution in [2.75, 3.05) is 23.0 Å². The Morgan fingerprint density at radius 2 is 1.78 bits per heavy atom. The minimum atomic E-state index is -3.46. The molecule has 0 heterocycles. The van der Waals surface area contributed by atoms with E-state index in [0.717, 1.165) is 0 Å². The molecule has 0 saturated carbocycles. The number of anilines is 1. The van der Waals surface area contributed by atoms with Crippen LogP contribution in [0.25, 0.3) is 0 Å².